The summed E-state index contributed by atoms with van der Waals surface area (Å²) in [6.45, 7) is 9.40. The summed E-state index contributed by atoms with van der Waals surface area (Å²) in [6, 6.07) is 8.85. The molecule has 0 spiro atoms. The molecule has 0 saturated carbocycles. The number of aryl methyl sites for hydroxylation is 3. The fourth-order valence-corrected chi connectivity index (χ4v) is 4.85. The van der Waals surface area contributed by atoms with Gasteiger partial charge >= 0.3 is 0 Å². The van der Waals surface area contributed by atoms with Crippen LogP contribution in [-0.4, -0.2) is 48.7 Å². The van der Waals surface area contributed by atoms with Gasteiger partial charge < -0.3 is 10.6 Å². The molecule has 0 unspecified atom stereocenters. The van der Waals surface area contributed by atoms with Gasteiger partial charge in [-0.1, -0.05) is 13.0 Å². The van der Waals surface area contributed by atoms with E-state index in [4.69, 9.17) is 4.84 Å². The Labute approximate surface area is 217 Å². The van der Waals surface area contributed by atoms with Gasteiger partial charge in [-0.3, -0.25) is 13.9 Å². The number of sulfonamides is 1. The second-order valence-electron chi connectivity index (χ2n) is 8.48. The zero-order valence-electron chi connectivity index (χ0n) is 21.9. The van der Waals surface area contributed by atoms with E-state index in [0.29, 0.717) is 40.9 Å². The molecule has 11 nitrogen and oxygen atoms in total. The first-order valence-electron chi connectivity index (χ1n) is 11.9. The summed E-state index contributed by atoms with van der Waals surface area (Å²) in [4.78, 5) is 30.9. The van der Waals surface area contributed by atoms with Gasteiger partial charge in [-0.25, -0.2) is 28.8 Å². The van der Waals surface area contributed by atoms with E-state index in [-0.39, 0.29) is 17.9 Å². The van der Waals surface area contributed by atoms with Crippen LogP contribution in [0.4, 0.5) is 28.7 Å². The quantitative estimate of drug-likeness (QED) is 0.314. The SMILES string of the molecule is CCCS(=O)(=O)N(C)c1cc(C)ccc1Nc1cc(Nc2cc(C)nc(C)n2)ncc1C(=O)NOCC. The average molecular weight is 528 g/mol. The van der Waals surface area contributed by atoms with E-state index in [2.05, 4.69) is 31.1 Å². The Hall–Kier alpha value is -3.77. The number of rotatable bonds is 11. The minimum Gasteiger partial charge on any atom is -0.353 e. The van der Waals surface area contributed by atoms with Crippen molar-refractivity contribution in [1.82, 2.24) is 20.4 Å². The van der Waals surface area contributed by atoms with Crippen LogP contribution in [0.3, 0.4) is 0 Å². The van der Waals surface area contributed by atoms with E-state index in [0.717, 1.165) is 11.3 Å². The normalized spacial score (nSPS) is 11.2. The van der Waals surface area contributed by atoms with Crippen molar-refractivity contribution in [1.29, 1.82) is 0 Å². The van der Waals surface area contributed by atoms with Crippen LogP contribution in [-0.2, 0) is 14.9 Å². The van der Waals surface area contributed by atoms with Crippen LogP contribution in [0, 0.1) is 20.8 Å². The molecule has 2 heterocycles. The van der Waals surface area contributed by atoms with Crippen LogP contribution < -0.4 is 20.4 Å². The molecule has 1 amide bonds. The molecule has 0 radical (unpaired) electrons. The van der Waals surface area contributed by atoms with Crippen molar-refractivity contribution in [3.63, 3.8) is 0 Å². The second-order valence-corrected chi connectivity index (χ2v) is 10.6. The summed E-state index contributed by atoms with van der Waals surface area (Å²) in [5.74, 6) is 1.09. The summed E-state index contributed by atoms with van der Waals surface area (Å²) < 4.78 is 26.9. The topological polar surface area (TPSA) is 138 Å². The highest BCUT2D eigenvalue weighted by molar-refractivity contribution is 7.92. The molecule has 0 aliphatic heterocycles. The lowest BCUT2D eigenvalue weighted by Crippen LogP contribution is -2.29. The minimum atomic E-state index is -3.54. The largest absolute Gasteiger partial charge is 0.353 e. The number of carbonyl (C=O) groups excluding carboxylic acids is 1. The van der Waals surface area contributed by atoms with Crippen LogP contribution in [0.15, 0.2) is 36.5 Å². The van der Waals surface area contributed by atoms with Crippen molar-refractivity contribution in [2.45, 2.75) is 41.0 Å². The van der Waals surface area contributed by atoms with Crippen LogP contribution in [0.1, 0.15) is 47.7 Å². The Morgan fingerprint density at radius 1 is 1.00 bits per heavy atom. The molecule has 0 saturated heterocycles. The smallest absolute Gasteiger partial charge is 0.278 e. The molecule has 12 heteroatoms. The first kappa shape index (κ1) is 27.8. The maximum Gasteiger partial charge on any atom is 0.278 e. The molecule has 2 aromatic heterocycles. The predicted molar refractivity (Wildman–Crippen MR) is 145 cm³/mol. The van der Waals surface area contributed by atoms with Crippen LogP contribution in [0.5, 0.6) is 0 Å². The van der Waals surface area contributed by atoms with Crippen molar-refractivity contribution in [2.75, 3.05) is 34.3 Å². The third kappa shape index (κ3) is 7.14. The molecule has 1 aromatic carbocycles. The third-order valence-electron chi connectivity index (χ3n) is 5.32. The molecule has 198 valence electrons. The zero-order valence-corrected chi connectivity index (χ0v) is 22.7. The molecule has 0 atom stereocenters. The predicted octanol–water partition coefficient (Wildman–Crippen LogP) is 4.14. The van der Waals surface area contributed by atoms with Crippen LogP contribution >= 0.6 is 0 Å². The fourth-order valence-electron chi connectivity index (χ4n) is 3.61. The molecule has 3 aromatic rings. The minimum absolute atomic E-state index is 0.0139. The molecular formula is C25H33N7O4S. The van der Waals surface area contributed by atoms with Crippen molar-refractivity contribution in [2.24, 2.45) is 0 Å². The summed E-state index contributed by atoms with van der Waals surface area (Å²) in [6.07, 6.45) is 1.90. The monoisotopic (exact) mass is 527 g/mol. The van der Waals surface area contributed by atoms with Gasteiger partial charge in [-0.15, -0.1) is 0 Å². The van der Waals surface area contributed by atoms with Gasteiger partial charge in [0.2, 0.25) is 10.0 Å². The van der Waals surface area contributed by atoms with Gasteiger partial charge in [0.1, 0.15) is 17.5 Å². The second kappa shape index (κ2) is 12.0. The van der Waals surface area contributed by atoms with Gasteiger partial charge in [0.15, 0.2) is 0 Å². The van der Waals surface area contributed by atoms with Gasteiger partial charge in [0.05, 0.1) is 35.0 Å². The lowest BCUT2D eigenvalue weighted by molar-refractivity contribution is 0.0365. The van der Waals surface area contributed by atoms with E-state index < -0.39 is 15.9 Å². The van der Waals surface area contributed by atoms with Gasteiger partial charge in [-0.2, -0.15) is 0 Å². The van der Waals surface area contributed by atoms with E-state index in [1.165, 1.54) is 17.5 Å². The number of hydrogen-bond acceptors (Lipinski definition) is 9. The number of pyridine rings is 1. The van der Waals surface area contributed by atoms with Crippen molar-refractivity contribution >= 4 is 44.6 Å². The maximum atomic E-state index is 12.8. The Balaban J connectivity index is 2.06. The number of amides is 1. The molecule has 3 rings (SSSR count). The highest BCUT2D eigenvalue weighted by atomic mass is 32.2. The Morgan fingerprint density at radius 2 is 1.76 bits per heavy atom. The third-order valence-corrected chi connectivity index (χ3v) is 7.28. The number of nitrogens with zero attached hydrogens (tertiary/aromatic N) is 4. The van der Waals surface area contributed by atoms with Crippen molar-refractivity contribution in [3.8, 4) is 0 Å². The first-order chi connectivity index (χ1) is 17.5. The highest BCUT2D eigenvalue weighted by Gasteiger charge is 2.22. The number of benzene rings is 1. The van der Waals surface area contributed by atoms with Crippen LogP contribution in [0.25, 0.3) is 0 Å². The summed E-state index contributed by atoms with van der Waals surface area (Å²) in [7, 11) is -2.01. The van der Waals surface area contributed by atoms with Gasteiger partial charge in [0.25, 0.3) is 5.91 Å². The molecule has 0 fully saturated rings. The van der Waals surface area contributed by atoms with E-state index >= 15 is 0 Å². The Kier molecular flexibility index (Phi) is 9.00. The summed E-state index contributed by atoms with van der Waals surface area (Å²) in [5.41, 5.74) is 5.62. The number of hydroxylamine groups is 1. The molecule has 0 aliphatic rings. The highest BCUT2D eigenvalue weighted by Crippen LogP contribution is 2.33. The number of nitrogens with one attached hydrogen (secondary N) is 3. The average Bonchev–Trinajstić information content (AvgIpc) is 2.82. The van der Waals surface area contributed by atoms with E-state index in [9.17, 15) is 13.2 Å². The molecule has 37 heavy (non-hydrogen) atoms. The zero-order chi connectivity index (χ0) is 27.2. The molecular weight excluding hydrogens is 494 g/mol. The molecule has 0 aliphatic carbocycles. The molecule has 0 bridgehead atoms. The Bertz CT molecular complexity index is 1360. The van der Waals surface area contributed by atoms with E-state index in [1.807, 2.05) is 26.8 Å². The van der Waals surface area contributed by atoms with Crippen molar-refractivity contribution in [3.05, 3.63) is 59.2 Å². The fraction of sp³-hybridized carbons (Fsp3) is 0.360. The van der Waals surface area contributed by atoms with Gasteiger partial charge in [0, 0.05) is 31.1 Å². The number of hydrogen-bond donors (Lipinski definition) is 3. The first-order valence-corrected chi connectivity index (χ1v) is 13.5. The standard InChI is InChI=1S/C25H33N7O4S/c1-7-11-37(34,35)32(6)22-12-16(3)9-10-20(22)29-21-14-23(26-15-19(21)25(33)31-36-8-2)30-24-13-17(4)27-18(5)28-24/h9-10,12-15H,7-8,11H2,1-6H3,(H,31,33)(H2,26,27,28,29,30). The molecule has 3 N–H and O–H groups in total. The number of anilines is 5. The Morgan fingerprint density at radius 3 is 2.43 bits per heavy atom. The maximum absolute atomic E-state index is 12.8. The summed E-state index contributed by atoms with van der Waals surface area (Å²) in [5, 5.41) is 6.37. The summed E-state index contributed by atoms with van der Waals surface area (Å²) >= 11 is 0. The van der Waals surface area contributed by atoms with Crippen molar-refractivity contribution < 1.29 is 18.0 Å². The number of aromatic nitrogens is 3. The van der Waals surface area contributed by atoms with Gasteiger partial charge in [-0.05, 0) is 51.8 Å². The lowest BCUT2D eigenvalue weighted by atomic mass is 10.1. The number of carbonyl (C=O) groups is 1. The van der Waals surface area contributed by atoms with E-state index in [1.54, 1.807) is 38.1 Å². The lowest BCUT2D eigenvalue weighted by Gasteiger charge is -2.24. The van der Waals surface area contributed by atoms with Crippen LogP contribution in [0.2, 0.25) is 0 Å².